The van der Waals surface area contributed by atoms with Crippen molar-refractivity contribution in [2.75, 3.05) is 7.11 Å². The van der Waals surface area contributed by atoms with Gasteiger partial charge in [0.2, 0.25) is 0 Å². The SMILES string of the molecule is COc1cccc2cc(C(=O)NN)c(C)nc12. The van der Waals surface area contributed by atoms with Crippen molar-refractivity contribution in [2.24, 2.45) is 5.84 Å². The number of carbonyl (C=O) groups excluding carboxylic acids is 1. The largest absolute Gasteiger partial charge is 0.494 e. The molecule has 1 amide bonds. The van der Waals surface area contributed by atoms with E-state index in [1.165, 1.54) is 0 Å². The summed E-state index contributed by atoms with van der Waals surface area (Å²) in [6.45, 7) is 1.76. The molecular weight excluding hydrogens is 218 g/mol. The molecule has 3 N–H and O–H groups in total. The van der Waals surface area contributed by atoms with E-state index in [1.807, 2.05) is 18.2 Å². The number of pyridine rings is 1. The zero-order chi connectivity index (χ0) is 12.4. The van der Waals surface area contributed by atoms with Gasteiger partial charge in [0.15, 0.2) is 0 Å². The number of fused-ring (bicyclic) bond motifs is 1. The van der Waals surface area contributed by atoms with Gasteiger partial charge in [0.05, 0.1) is 18.4 Å². The van der Waals surface area contributed by atoms with Crippen molar-refractivity contribution in [1.82, 2.24) is 10.4 Å². The lowest BCUT2D eigenvalue weighted by atomic mass is 10.1. The van der Waals surface area contributed by atoms with Gasteiger partial charge in [-0.25, -0.2) is 10.8 Å². The van der Waals surface area contributed by atoms with Gasteiger partial charge in [-0.05, 0) is 19.1 Å². The summed E-state index contributed by atoms with van der Waals surface area (Å²) in [5.41, 5.74) is 3.92. The van der Waals surface area contributed by atoms with E-state index in [1.54, 1.807) is 20.1 Å². The van der Waals surface area contributed by atoms with Crippen LogP contribution in [0.5, 0.6) is 5.75 Å². The zero-order valence-corrected chi connectivity index (χ0v) is 9.65. The second kappa shape index (κ2) is 4.39. The Kier molecular flexibility index (Phi) is 2.93. The molecule has 0 saturated carbocycles. The van der Waals surface area contributed by atoms with Crippen molar-refractivity contribution in [3.8, 4) is 5.75 Å². The Bertz CT molecular complexity index is 581. The normalized spacial score (nSPS) is 10.3. The number of ether oxygens (including phenoxy) is 1. The Balaban J connectivity index is 2.70. The lowest BCUT2D eigenvalue weighted by Crippen LogP contribution is -2.30. The van der Waals surface area contributed by atoms with Crippen molar-refractivity contribution < 1.29 is 9.53 Å². The fourth-order valence-electron chi connectivity index (χ4n) is 1.74. The predicted octanol–water partition coefficient (Wildman–Crippen LogP) is 1.16. The quantitative estimate of drug-likeness (QED) is 0.462. The molecule has 1 aromatic carbocycles. The molecule has 0 aliphatic rings. The summed E-state index contributed by atoms with van der Waals surface area (Å²) < 4.78 is 5.22. The molecule has 5 heteroatoms. The van der Waals surface area contributed by atoms with Gasteiger partial charge in [-0.2, -0.15) is 0 Å². The van der Waals surface area contributed by atoms with Gasteiger partial charge in [-0.1, -0.05) is 12.1 Å². The summed E-state index contributed by atoms with van der Waals surface area (Å²) >= 11 is 0. The smallest absolute Gasteiger partial charge is 0.267 e. The molecule has 0 aliphatic carbocycles. The number of methoxy groups -OCH3 is 1. The summed E-state index contributed by atoms with van der Waals surface area (Å²) in [6, 6.07) is 7.31. The zero-order valence-electron chi connectivity index (χ0n) is 9.65. The molecule has 17 heavy (non-hydrogen) atoms. The van der Waals surface area contributed by atoms with Crippen LogP contribution in [0.3, 0.4) is 0 Å². The van der Waals surface area contributed by atoms with Gasteiger partial charge < -0.3 is 4.74 Å². The van der Waals surface area contributed by atoms with E-state index in [2.05, 4.69) is 10.4 Å². The molecule has 0 aliphatic heterocycles. The number of para-hydroxylation sites is 1. The molecule has 1 aromatic heterocycles. The monoisotopic (exact) mass is 231 g/mol. The number of aryl methyl sites for hydroxylation is 1. The number of hydrogen-bond donors (Lipinski definition) is 2. The summed E-state index contributed by atoms with van der Waals surface area (Å²) in [4.78, 5) is 15.9. The van der Waals surface area contributed by atoms with Crippen LogP contribution in [0.15, 0.2) is 24.3 Å². The van der Waals surface area contributed by atoms with Gasteiger partial charge in [0, 0.05) is 5.39 Å². The molecule has 0 radical (unpaired) electrons. The Morgan fingerprint density at radius 3 is 2.88 bits per heavy atom. The first-order valence-corrected chi connectivity index (χ1v) is 5.12. The third-order valence-corrected chi connectivity index (χ3v) is 2.59. The highest BCUT2D eigenvalue weighted by Gasteiger charge is 2.12. The molecular formula is C12H13N3O2. The number of hydrogen-bond acceptors (Lipinski definition) is 4. The molecule has 0 bridgehead atoms. The first-order chi connectivity index (χ1) is 8.17. The number of nitrogens with zero attached hydrogens (tertiary/aromatic N) is 1. The second-order valence-corrected chi connectivity index (χ2v) is 3.63. The summed E-state index contributed by atoms with van der Waals surface area (Å²) in [5, 5.41) is 0.841. The fraction of sp³-hybridized carbons (Fsp3) is 0.167. The number of nitrogens with one attached hydrogen (secondary N) is 1. The minimum atomic E-state index is -0.347. The standard InChI is InChI=1S/C12H13N3O2/c1-7-9(12(16)15-13)6-8-4-3-5-10(17-2)11(8)14-7/h3-6H,13H2,1-2H3,(H,15,16). The van der Waals surface area contributed by atoms with Crippen LogP contribution < -0.4 is 16.0 Å². The van der Waals surface area contributed by atoms with Gasteiger partial charge in [-0.15, -0.1) is 0 Å². The Hall–Kier alpha value is -2.14. The average Bonchev–Trinajstić information content (AvgIpc) is 2.36. The molecule has 88 valence electrons. The van der Waals surface area contributed by atoms with Gasteiger partial charge in [0.25, 0.3) is 5.91 Å². The molecule has 0 fully saturated rings. The molecule has 1 heterocycles. The molecule has 5 nitrogen and oxygen atoms in total. The van der Waals surface area contributed by atoms with Crippen LogP contribution >= 0.6 is 0 Å². The number of benzene rings is 1. The van der Waals surface area contributed by atoms with E-state index in [9.17, 15) is 4.79 Å². The maximum atomic E-state index is 11.5. The van der Waals surface area contributed by atoms with Gasteiger partial charge in [-0.3, -0.25) is 10.2 Å². The van der Waals surface area contributed by atoms with Crippen molar-refractivity contribution in [3.63, 3.8) is 0 Å². The summed E-state index contributed by atoms with van der Waals surface area (Å²) in [5.74, 6) is 5.46. The molecule has 0 saturated heterocycles. The average molecular weight is 231 g/mol. The Morgan fingerprint density at radius 2 is 2.24 bits per heavy atom. The fourth-order valence-corrected chi connectivity index (χ4v) is 1.74. The number of nitrogens with two attached hydrogens (primary N) is 1. The number of amides is 1. The Morgan fingerprint density at radius 1 is 1.47 bits per heavy atom. The minimum absolute atomic E-state index is 0.347. The summed E-state index contributed by atoms with van der Waals surface area (Å²) in [7, 11) is 1.59. The topological polar surface area (TPSA) is 77.2 Å². The number of rotatable bonds is 2. The second-order valence-electron chi connectivity index (χ2n) is 3.63. The van der Waals surface area contributed by atoms with E-state index < -0.39 is 0 Å². The summed E-state index contributed by atoms with van der Waals surface area (Å²) in [6.07, 6.45) is 0. The van der Waals surface area contributed by atoms with Crippen molar-refractivity contribution >= 4 is 16.8 Å². The number of nitrogen functional groups attached to an aromatic ring is 1. The highest BCUT2D eigenvalue weighted by molar-refractivity contribution is 5.99. The van der Waals surface area contributed by atoms with Crippen LogP contribution in [0.4, 0.5) is 0 Å². The van der Waals surface area contributed by atoms with Crippen molar-refractivity contribution in [1.29, 1.82) is 0 Å². The highest BCUT2D eigenvalue weighted by atomic mass is 16.5. The number of aromatic nitrogens is 1. The predicted molar refractivity (Wildman–Crippen MR) is 64.7 cm³/mol. The first kappa shape index (κ1) is 11.3. The Labute approximate surface area is 98.6 Å². The van der Waals surface area contributed by atoms with E-state index in [0.717, 1.165) is 10.9 Å². The first-order valence-electron chi connectivity index (χ1n) is 5.12. The number of hydrazine groups is 1. The third kappa shape index (κ3) is 1.92. The van der Waals surface area contributed by atoms with E-state index in [-0.39, 0.29) is 5.91 Å². The van der Waals surface area contributed by atoms with Crippen LogP contribution in [0.1, 0.15) is 16.1 Å². The highest BCUT2D eigenvalue weighted by Crippen LogP contribution is 2.25. The van der Waals surface area contributed by atoms with Crippen LogP contribution in [0.2, 0.25) is 0 Å². The van der Waals surface area contributed by atoms with Gasteiger partial charge >= 0.3 is 0 Å². The molecule has 0 atom stereocenters. The molecule has 2 rings (SSSR count). The van der Waals surface area contributed by atoms with E-state index >= 15 is 0 Å². The third-order valence-electron chi connectivity index (χ3n) is 2.59. The van der Waals surface area contributed by atoms with Crippen LogP contribution in [-0.2, 0) is 0 Å². The minimum Gasteiger partial charge on any atom is -0.494 e. The lowest BCUT2D eigenvalue weighted by molar-refractivity contribution is 0.0953. The molecule has 2 aromatic rings. The molecule has 0 unspecified atom stereocenters. The van der Waals surface area contributed by atoms with Crippen LogP contribution in [0, 0.1) is 6.92 Å². The lowest BCUT2D eigenvalue weighted by Gasteiger charge is -2.08. The molecule has 0 spiro atoms. The maximum absolute atomic E-state index is 11.5. The van der Waals surface area contributed by atoms with E-state index in [4.69, 9.17) is 10.6 Å². The maximum Gasteiger partial charge on any atom is 0.267 e. The van der Waals surface area contributed by atoms with E-state index in [0.29, 0.717) is 17.0 Å². The van der Waals surface area contributed by atoms with Gasteiger partial charge in [0.1, 0.15) is 11.3 Å². The number of carbonyl (C=O) groups is 1. The van der Waals surface area contributed by atoms with Crippen molar-refractivity contribution in [2.45, 2.75) is 6.92 Å². The van der Waals surface area contributed by atoms with Crippen LogP contribution in [0.25, 0.3) is 10.9 Å². The van der Waals surface area contributed by atoms with Crippen LogP contribution in [-0.4, -0.2) is 18.0 Å². The van der Waals surface area contributed by atoms with Crippen molar-refractivity contribution in [3.05, 3.63) is 35.5 Å².